The lowest BCUT2D eigenvalue weighted by molar-refractivity contribution is 0.181. The molecule has 0 saturated carbocycles. The second kappa shape index (κ2) is 6.66. The van der Waals surface area contributed by atoms with Crippen LogP contribution in [0.2, 0.25) is 0 Å². The Kier molecular flexibility index (Phi) is 4.19. The van der Waals surface area contributed by atoms with Crippen LogP contribution in [-0.2, 0) is 17.9 Å². The average Bonchev–Trinajstić information content (AvgIpc) is 3.03. The molecule has 0 aliphatic heterocycles. The van der Waals surface area contributed by atoms with E-state index in [4.69, 9.17) is 9.84 Å². The molecule has 4 aromatic rings. The molecule has 0 radical (unpaired) electrons. The van der Waals surface area contributed by atoms with Gasteiger partial charge in [-0.25, -0.2) is 4.52 Å². The average molecular weight is 351 g/mol. The van der Waals surface area contributed by atoms with Crippen LogP contribution in [0.5, 0.6) is 0 Å². The summed E-state index contributed by atoms with van der Waals surface area (Å²) in [7, 11) is 1.61. The summed E-state index contributed by atoms with van der Waals surface area (Å²) in [5.74, 6) is 0. The van der Waals surface area contributed by atoms with Crippen LogP contribution in [0.3, 0.4) is 0 Å². The van der Waals surface area contributed by atoms with E-state index in [1.165, 1.54) is 4.57 Å². The SMILES string of the molecule is COCc1nn2c(nnc3c(=O)n(CCO)ccc32)c1-c1ccccc1. The van der Waals surface area contributed by atoms with Gasteiger partial charge in [-0.15, -0.1) is 10.2 Å². The number of rotatable bonds is 5. The van der Waals surface area contributed by atoms with Crippen molar-refractivity contribution in [2.45, 2.75) is 13.2 Å². The Labute approximate surface area is 148 Å². The quantitative estimate of drug-likeness (QED) is 0.581. The molecule has 26 heavy (non-hydrogen) atoms. The fourth-order valence-corrected chi connectivity index (χ4v) is 3.05. The van der Waals surface area contributed by atoms with Crippen LogP contribution >= 0.6 is 0 Å². The second-order valence-corrected chi connectivity index (χ2v) is 5.83. The highest BCUT2D eigenvalue weighted by molar-refractivity contribution is 5.84. The summed E-state index contributed by atoms with van der Waals surface area (Å²) < 4.78 is 8.32. The summed E-state index contributed by atoms with van der Waals surface area (Å²) in [6, 6.07) is 11.5. The lowest BCUT2D eigenvalue weighted by Gasteiger charge is -2.05. The van der Waals surface area contributed by atoms with Crippen molar-refractivity contribution >= 4 is 16.7 Å². The number of aliphatic hydroxyl groups is 1. The van der Waals surface area contributed by atoms with Crippen molar-refractivity contribution in [1.29, 1.82) is 0 Å². The van der Waals surface area contributed by atoms with Crippen molar-refractivity contribution in [2.24, 2.45) is 0 Å². The van der Waals surface area contributed by atoms with Gasteiger partial charge in [0.2, 0.25) is 0 Å². The Hall–Kier alpha value is -3.10. The van der Waals surface area contributed by atoms with Crippen molar-refractivity contribution in [1.82, 2.24) is 24.4 Å². The Morgan fingerprint density at radius 2 is 1.96 bits per heavy atom. The van der Waals surface area contributed by atoms with Crippen molar-refractivity contribution in [3.8, 4) is 11.1 Å². The molecule has 0 aliphatic rings. The molecule has 8 nitrogen and oxygen atoms in total. The second-order valence-electron chi connectivity index (χ2n) is 5.83. The van der Waals surface area contributed by atoms with Gasteiger partial charge in [-0.1, -0.05) is 30.3 Å². The summed E-state index contributed by atoms with van der Waals surface area (Å²) >= 11 is 0. The first-order chi connectivity index (χ1) is 12.7. The minimum absolute atomic E-state index is 0.126. The predicted molar refractivity (Wildman–Crippen MR) is 95.8 cm³/mol. The fourth-order valence-electron chi connectivity index (χ4n) is 3.05. The number of hydrogen-bond acceptors (Lipinski definition) is 6. The largest absolute Gasteiger partial charge is 0.395 e. The smallest absolute Gasteiger partial charge is 0.280 e. The maximum absolute atomic E-state index is 12.5. The van der Waals surface area contributed by atoms with Gasteiger partial charge >= 0.3 is 0 Å². The van der Waals surface area contributed by atoms with E-state index in [0.29, 0.717) is 17.8 Å². The van der Waals surface area contributed by atoms with Crippen molar-refractivity contribution in [3.63, 3.8) is 0 Å². The maximum Gasteiger partial charge on any atom is 0.280 e. The molecular weight excluding hydrogens is 334 g/mol. The van der Waals surface area contributed by atoms with E-state index >= 15 is 0 Å². The summed E-state index contributed by atoms with van der Waals surface area (Å²) in [6.07, 6.45) is 1.63. The van der Waals surface area contributed by atoms with Crippen LogP contribution in [0.25, 0.3) is 27.8 Å². The zero-order chi connectivity index (χ0) is 18.1. The number of hydrogen-bond donors (Lipinski definition) is 1. The summed E-state index contributed by atoms with van der Waals surface area (Å²) in [4.78, 5) is 12.5. The fraction of sp³-hybridized carbons (Fsp3) is 0.222. The molecule has 0 aliphatic carbocycles. The molecule has 3 aromatic heterocycles. The number of fused-ring (bicyclic) bond motifs is 3. The van der Waals surface area contributed by atoms with Gasteiger partial charge in [0.15, 0.2) is 11.2 Å². The standard InChI is InChI=1S/C18H17N5O3/c1-26-11-13-15(12-5-3-2-4-6-12)17-20-19-16-14(23(17)21-13)7-8-22(9-10-24)18(16)25/h2-8,24H,9-11H2,1H3. The van der Waals surface area contributed by atoms with E-state index in [1.54, 1.807) is 23.9 Å². The first-order valence-corrected chi connectivity index (χ1v) is 8.17. The molecule has 0 saturated heterocycles. The molecule has 1 aromatic carbocycles. The molecule has 0 fully saturated rings. The molecule has 4 rings (SSSR count). The molecule has 8 heteroatoms. The molecule has 1 N–H and O–H groups in total. The van der Waals surface area contributed by atoms with Gasteiger partial charge in [-0.3, -0.25) is 4.79 Å². The normalized spacial score (nSPS) is 11.5. The van der Waals surface area contributed by atoms with Crippen molar-refractivity contribution < 1.29 is 9.84 Å². The molecule has 0 unspecified atom stereocenters. The highest BCUT2D eigenvalue weighted by atomic mass is 16.5. The molecule has 0 atom stereocenters. The molecule has 0 amide bonds. The van der Waals surface area contributed by atoms with E-state index in [1.807, 2.05) is 30.3 Å². The van der Waals surface area contributed by atoms with Gasteiger partial charge in [-0.05, 0) is 11.6 Å². The van der Waals surface area contributed by atoms with E-state index in [-0.39, 0.29) is 24.2 Å². The minimum Gasteiger partial charge on any atom is -0.395 e. The van der Waals surface area contributed by atoms with Crippen molar-refractivity contribution in [2.75, 3.05) is 13.7 Å². The van der Waals surface area contributed by atoms with Crippen LogP contribution in [0.1, 0.15) is 5.69 Å². The van der Waals surface area contributed by atoms with Gasteiger partial charge in [0.25, 0.3) is 5.56 Å². The lowest BCUT2D eigenvalue weighted by Crippen LogP contribution is -2.23. The first kappa shape index (κ1) is 16.4. The third kappa shape index (κ3) is 2.56. The van der Waals surface area contributed by atoms with Gasteiger partial charge in [0, 0.05) is 19.9 Å². The van der Waals surface area contributed by atoms with Gasteiger partial charge in [-0.2, -0.15) is 5.10 Å². The highest BCUT2D eigenvalue weighted by Crippen LogP contribution is 2.28. The summed E-state index contributed by atoms with van der Waals surface area (Å²) in [5, 5.41) is 22.1. The number of methoxy groups -OCH3 is 1. The van der Waals surface area contributed by atoms with Crippen LogP contribution in [0.15, 0.2) is 47.4 Å². The Balaban J connectivity index is 2.04. The van der Waals surface area contributed by atoms with Gasteiger partial charge in [0.05, 0.1) is 24.5 Å². The van der Waals surface area contributed by atoms with Crippen LogP contribution in [0.4, 0.5) is 0 Å². The van der Waals surface area contributed by atoms with E-state index < -0.39 is 0 Å². The lowest BCUT2D eigenvalue weighted by atomic mass is 10.1. The minimum atomic E-state index is -0.309. The predicted octanol–water partition coefficient (Wildman–Crippen LogP) is 1.24. The number of aliphatic hydroxyl groups excluding tert-OH is 1. The molecular formula is C18H17N5O3. The Morgan fingerprint density at radius 3 is 2.69 bits per heavy atom. The van der Waals surface area contributed by atoms with Crippen molar-refractivity contribution in [3.05, 3.63) is 58.6 Å². The first-order valence-electron chi connectivity index (χ1n) is 8.17. The Bertz CT molecular complexity index is 1130. The van der Waals surface area contributed by atoms with Gasteiger partial charge < -0.3 is 14.4 Å². The van der Waals surface area contributed by atoms with Crippen LogP contribution in [0, 0.1) is 0 Å². The van der Waals surface area contributed by atoms with E-state index in [9.17, 15) is 4.79 Å². The monoisotopic (exact) mass is 351 g/mol. The van der Waals surface area contributed by atoms with Gasteiger partial charge in [0.1, 0.15) is 5.52 Å². The van der Waals surface area contributed by atoms with E-state index in [0.717, 1.165) is 16.8 Å². The Morgan fingerprint density at radius 1 is 1.15 bits per heavy atom. The number of aromatic nitrogens is 5. The molecule has 132 valence electrons. The third-order valence-electron chi connectivity index (χ3n) is 4.21. The molecule has 0 bridgehead atoms. The maximum atomic E-state index is 12.5. The summed E-state index contributed by atoms with van der Waals surface area (Å²) in [5.41, 5.74) is 3.54. The molecule has 3 heterocycles. The van der Waals surface area contributed by atoms with E-state index in [2.05, 4.69) is 15.3 Å². The number of benzene rings is 1. The zero-order valence-electron chi connectivity index (χ0n) is 14.2. The molecule has 0 spiro atoms. The number of nitrogens with zero attached hydrogens (tertiary/aromatic N) is 5. The zero-order valence-corrected chi connectivity index (χ0v) is 14.2. The van der Waals surface area contributed by atoms with Crippen LogP contribution in [-0.4, -0.2) is 43.2 Å². The number of ether oxygens (including phenoxy) is 1. The number of pyridine rings is 1. The summed E-state index contributed by atoms with van der Waals surface area (Å²) in [6.45, 7) is 0.396. The van der Waals surface area contributed by atoms with Crippen LogP contribution < -0.4 is 5.56 Å². The third-order valence-corrected chi connectivity index (χ3v) is 4.21. The topological polar surface area (TPSA) is 94.5 Å². The highest BCUT2D eigenvalue weighted by Gasteiger charge is 2.19.